The van der Waals surface area contributed by atoms with Crippen molar-refractivity contribution in [1.82, 2.24) is 30.0 Å². The van der Waals surface area contributed by atoms with E-state index in [2.05, 4.69) is 39.2 Å². The number of hydrogen-bond acceptors (Lipinski definition) is 4. The molecule has 3 aromatic rings. The summed E-state index contributed by atoms with van der Waals surface area (Å²) in [6.07, 6.45) is 3.09. The van der Waals surface area contributed by atoms with Gasteiger partial charge in [0.2, 0.25) is 5.91 Å². The number of likely N-dealkylation sites (tertiary alicyclic amines) is 1. The number of aromatic amines is 2. The van der Waals surface area contributed by atoms with Crippen LogP contribution >= 0.6 is 0 Å². The van der Waals surface area contributed by atoms with Gasteiger partial charge < -0.3 is 9.88 Å². The number of nitrogens with one attached hydrogen (secondary N) is 2. The van der Waals surface area contributed by atoms with E-state index in [4.69, 9.17) is 4.98 Å². The topological polar surface area (TPSA) is 90.6 Å². The van der Waals surface area contributed by atoms with Crippen molar-refractivity contribution in [3.8, 4) is 0 Å². The number of para-hydroxylation sites is 1. The first-order chi connectivity index (χ1) is 12.6. The standard InChI is InChI=1S/C19H24N6O/c1-12-5-3-7-15-18(12)22-19(21-15)14-6-4-10-25(11-14)17(26)9-8-16-20-13(2)23-24-16/h3,5,7,14H,4,6,8-11H2,1-2H3,(H,21,22)(H,20,23,24). The number of hydrogen-bond donors (Lipinski definition) is 2. The molecule has 1 aliphatic heterocycles. The van der Waals surface area contributed by atoms with E-state index in [1.807, 2.05) is 17.9 Å². The van der Waals surface area contributed by atoms with Crippen LogP contribution in [-0.4, -0.2) is 49.0 Å². The van der Waals surface area contributed by atoms with Gasteiger partial charge in [0.1, 0.15) is 11.6 Å². The SMILES string of the molecule is Cc1nc(CCC(=O)N2CCCC(c3nc4c(C)cccc4[nH]3)C2)n[nH]1. The van der Waals surface area contributed by atoms with E-state index in [-0.39, 0.29) is 11.8 Å². The molecule has 3 heterocycles. The van der Waals surface area contributed by atoms with Gasteiger partial charge in [0.15, 0.2) is 5.82 Å². The first-order valence-corrected chi connectivity index (χ1v) is 9.21. The van der Waals surface area contributed by atoms with E-state index in [0.29, 0.717) is 18.7 Å². The minimum atomic E-state index is 0.171. The van der Waals surface area contributed by atoms with E-state index in [0.717, 1.165) is 48.6 Å². The molecule has 4 rings (SSSR count). The summed E-state index contributed by atoms with van der Waals surface area (Å²) in [6, 6.07) is 6.18. The minimum Gasteiger partial charge on any atom is -0.342 e. The van der Waals surface area contributed by atoms with Gasteiger partial charge in [0.25, 0.3) is 0 Å². The number of amides is 1. The number of rotatable bonds is 4. The molecule has 26 heavy (non-hydrogen) atoms. The van der Waals surface area contributed by atoms with Gasteiger partial charge in [-0.25, -0.2) is 9.97 Å². The number of nitrogens with zero attached hydrogens (tertiary/aromatic N) is 4. The molecule has 1 aromatic carbocycles. The average molecular weight is 352 g/mol. The van der Waals surface area contributed by atoms with E-state index in [9.17, 15) is 4.79 Å². The molecule has 0 aliphatic carbocycles. The van der Waals surface area contributed by atoms with Crippen LogP contribution in [-0.2, 0) is 11.2 Å². The normalized spacial score (nSPS) is 17.8. The fourth-order valence-corrected chi connectivity index (χ4v) is 3.69. The van der Waals surface area contributed by atoms with Crippen molar-refractivity contribution < 1.29 is 4.79 Å². The van der Waals surface area contributed by atoms with Gasteiger partial charge in [-0.1, -0.05) is 12.1 Å². The van der Waals surface area contributed by atoms with Crippen LogP contribution < -0.4 is 0 Å². The van der Waals surface area contributed by atoms with Gasteiger partial charge in [-0.3, -0.25) is 9.89 Å². The van der Waals surface area contributed by atoms with Crippen LogP contribution in [0.2, 0.25) is 0 Å². The average Bonchev–Trinajstić information content (AvgIpc) is 3.27. The summed E-state index contributed by atoms with van der Waals surface area (Å²) in [5, 5.41) is 6.93. The Hall–Kier alpha value is -2.70. The summed E-state index contributed by atoms with van der Waals surface area (Å²) in [5.74, 6) is 2.92. The lowest BCUT2D eigenvalue weighted by Crippen LogP contribution is -2.39. The van der Waals surface area contributed by atoms with Crippen molar-refractivity contribution in [2.45, 2.75) is 45.4 Å². The molecule has 1 unspecified atom stereocenters. The molecule has 7 heteroatoms. The van der Waals surface area contributed by atoms with E-state index in [1.54, 1.807) is 0 Å². The molecule has 0 spiro atoms. The molecule has 7 nitrogen and oxygen atoms in total. The summed E-state index contributed by atoms with van der Waals surface area (Å²) in [6.45, 7) is 5.49. The van der Waals surface area contributed by atoms with Crippen molar-refractivity contribution >= 4 is 16.9 Å². The van der Waals surface area contributed by atoms with Crippen LogP contribution in [0.25, 0.3) is 11.0 Å². The summed E-state index contributed by atoms with van der Waals surface area (Å²) in [4.78, 5) is 27.1. The molecule has 1 aliphatic rings. The zero-order valence-electron chi connectivity index (χ0n) is 15.2. The quantitative estimate of drug-likeness (QED) is 0.755. The maximum atomic E-state index is 12.6. The second-order valence-corrected chi connectivity index (χ2v) is 7.11. The molecular weight excluding hydrogens is 328 g/mol. The Morgan fingerprint density at radius 1 is 1.31 bits per heavy atom. The van der Waals surface area contributed by atoms with Crippen LogP contribution in [0.3, 0.4) is 0 Å². The number of piperidine rings is 1. The highest BCUT2D eigenvalue weighted by atomic mass is 16.2. The minimum absolute atomic E-state index is 0.171. The summed E-state index contributed by atoms with van der Waals surface area (Å²) in [7, 11) is 0. The van der Waals surface area contributed by atoms with Crippen molar-refractivity contribution in [1.29, 1.82) is 0 Å². The Morgan fingerprint density at radius 2 is 2.19 bits per heavy atom. The summed E-state index contributed by atoms with van der Waals surface area (Å²) in [5.41, 5.74) is 3.28. The van der Waals surface area contributed by atoms with Crippen LogP contribution in [0.4, 0.5) is 0 Å². The van der Waals surface area contributed by atoms with Gasteiger partial charge in [-0.2, -0.15) is 5.10 Å². The second-order valence-electron chi connectivity index (χ2n) is 7.11. The Morgan fingerprint density at radius 3 is 2.96 bits per heavy atom. The van der Waals surface area contributed by atoms with Gasteiger partial charge in [0, 0.05) is 31.8 Å². The molecule has 0 bridgehead atoms. The monoisotopic (exact) mass is 352 g/mol. The molecule has 1 fully saturated rings. The highest BCUT2D eigenvalue weighted by Crippen LogP contribution is 2.28. The molecule has 2 N–H and O–H groups in total. The Bertz CT molecular complexity index is 927. The highest BCUT2D eigenvalue weighted by molar-refractivity contribution is 5.79. The maximum absolute atomic E-state index is 12.6. The number of benzene rings is 1. The van der Waals surface area contributed by atoms with Crippen molar-refractivity contribution in [3.05, 3.63) is 41.2 Å². The van der Waals surface area contributed by atoms with Crippen LogP contribution in [0, 0.1) is 13.8 Å². The van der Waals surface area contributed by atoms with E-state index < -0.39 is 0 Å². The molecule has 1 atom stereocenters. The molecule has 0 saturated carbocycles. The number of imidazole rings is 1. The fraction of sp³-hybridized carbons (Fsp3) is 0.474. The smallest absolute Gasteiger partial charge is 0.223 e. The number of carbonyl (C=O) groups is 1. The van der Waals surface area contributed by atoms with Crippen LogP contribution in [0.1, 0.15) is 48.2 Å². The van der Waals surface area contributed by atoms with E-state index in [1.165, 1.54) is 5.56 Å². The van der Waals surface area contributed by atoms with Gasteiger partial charge in [-0.15, -0.1) is 0 Å². The van der Waals surface area contributed by atoms with Crippen molar-refractivity contribution in [3.63, 3.8) is 0 Å². The summed E-state index contributed by atoms with van der Waals surface area (Å²) < 4.78 is 0. The van der Waals surface area contributed by atoms with Gasteiger partial charge >= 0.3 is 0 Å². The molecular formula is C19H24N6O. The molecule has 1 saturated heterocycles. The summed E-state index contributed by atoms with van der Waals surface area (Å²) >= 11 is 0. The van der Waals surface area contributed by atoms with Crippen molar-refractivity contribution in [2.75, 3.05) is 13.1 Å². The first-order valence-electron chi connectivity index (χ1n) is 9.21. The molecule has 0 radical (unpaired) electrons. The number of carbonyl (C=O) groups excluding carboxylic acids is 1. The molecule has 136 valence electrons. The lowest BCUT2D eigenvalue weighted by molar-refractivity contribution is -0.132. The van der Waals surface area contributed by atoms with Crippen LogP contribution in [0.15, 0.2) is 18.2 Å². The lowest BCUT2D eigenvalue weighted by atomic mass is 9.97. The second kappa shape index (κ2) is 6.90. The third-order valence-corrected chi connectivity index (χ3v) is 5.10. The predicted octanol–water partition coefficient (Wildman–Crippen LogP) is 2.64. The Kier molecular flexibility index (Phi) is 4.44. The zero-order valence-corrected chi connectivity index (χ0v) is 15.2. The predicted molar refractivity (Wildman–Crippen MR) is 98.8 cm³/mol. The van der Waals surface area contributed by atoms with Gasteiger partial charge in [0.05, 0.1) is 11.0 Å². The van der Waals surface area contributed by atoms with Crippen LogP contribution in [0.5, 0.6) is 0 Å². The largest absolute Gasteiger partial charge is 0.342 e. The number of fused-ring (bicyclic) bond motifs is 1. The molecule has 2 aromatic heterocycles. The Labute approximate surface area is 152 Å². The number of aromatic nitrogens is 5. The first kappa shape index (κ1) is 16.8. The maximum Gasteiger partial charge on any atom is 0.223 e. The third kappa shape index (κ3) is 3.34. The van der Waals surface area contributed by atoms with Crippen molar-refractivity contribution in [2.24, 2.45) is 0 Å². The molecule has 1 amide bonds. The fourth-order valence-electron chi connectivity index (χ4n) is 3.69. The van der Waals surface area contributed by atoms with E-state index >= 15 is 0 Å². The third-order valence-electron chi connectivity index (χ3n) is 5.10. The zero-order chi connectivity index (χ0) is 18.1. The number of aryl methyl sites for hydroxylation is 3. The highest BCUT2D eigenvalue weighted by Gasteiger charge is 2.26. The Balaban J connectivity index is 1.42. The van der Waals surface area contributed by atoms with Gasteiger partial charge in [-0.05, 0) is 38.3 Å². The number of H-pyrrole nitrogens is 2. The lowest BCUT2D eigenvalue weighted by Gasteiger charge is -2.31.